The Morgan fingerprint density at radius 3 is 0.738 bits per heavy atom. The van der Waals surface area contributed by atoms with Gasteiger partial charge in [0, 0.05) is 45.8 Å². The summed E-state index contributed by atoms with van der Waals surface area (Å²) in [6.07, 6.45) is -0.853. The van der Waals surface area contributed by atoms with E-state index in [0.29, 0.717) is 22.7 Å². The first-order chi connectivity index (χ1) is 31.5. The Bertz CT molecular complexity index is 1850. The second-order valence-corrected chi connectivity index (χ2v) is 17.9. The van der Waals surface area contributed by atoms with Crippen molar-refractivity contribution in [1.29, 1.82) is 0 Å². The van der Waals surface area contributed by atoms with Crippen molar-refractivity contribution in [1.82, 2.24) is 0 Å². The zero-order valence-electron chi connectivity index (χ0n) is 35.1. The standard InChI is InChI=1S/C45H48N4O12S4/c50-37(21-25-62-41(54)46-33-13-5-1-6-14-33)58-29-45(30-59-38(51)22-26-63-42(55)47-34-15-7-2-8-16-34,31-60-39(52)23-27-64-43(56)48-35-17-9-3-10-18-35)32-61-40(53)24-28-65-44(57)49-36-19-11-4-12-20-36/h1-20H,21-32H2,(H,46,54)(H,47,55)(H,48,56)(H,49,57). The van der Waals surface area contributed by atoms with Crippen molar-refractivity contribution in [3.05, 3.63) is 121 Å². The molecule has 0 aliphatic heterocycles. The minimum absolute atomic E-state index is 0.0456. The van der Waals surface area contributed by atoms with Crippen LogP contribution < -0.4 is 21.3 Å². The Kier molecular flexibility index (Phi) is 23.4. The molecule has 0 unspecified atom stereocenters. The van der Waals surface area contributed by atoms with Gasteiger partial charge in [-0.15, -0.1) is 0 Å². The van der Waals surface area contributed by atoms with Crippen molar-refractivity contribution in [3.8, 4) is 0 Å². The number of carbonyl (C=O) groups is 8. The summed E-state index contributed by atoms with van der Waals surface area (Å²) in [7, 11) is 0. The lowest BCUT2D eigenvalue weighted by Gasteiger charge is -2.31. The third kappa shape index (κ3) is 22.5. The van der Waals surface area contributed by atoms with E-state index in [-0.39, 0.29) is 48.7 Å². The number of ether oxygens (including phenoxy) is 4. The number of carbonyl (C=O) groups excluding carboxylic acids is 8. The minimum atomic E-state index is -1.64. The Balaban J connectivity index is 1.39. The number of rotatable bonds is 24. The van der Waals surface area contributed by atoms with Crippen LogP contribution in [0.25, 0.3) is 0 Å². The number of esters is 4. The number of thioether (sulfide) groups is 4. The van der Waals surface area contributed by atoms with Crippen molar-refractivity contribution in [3.63, 3.8) is 0 Å². The molecule has 20 heteroatoms. The molecule has 0 bridgehead atoms. The van der Waals surface area contributed by atoms with Gasteiger partial charge in [-0.1, -0.05) is 120 Å². The SMILES string of the molecule is O=C(CCSC(=O)Nc1ccccc1)OCC(COC(=O)CCSC(=O)Nc1ccccc1)(COC(=O)CCSC(=O)Nc1ccccc1)COC(=O)CCSC(=O)Nc1ccccc1. The van der Waals surface area contributed by atoms with E-state index in [2.05, 4.69) is 21.3 Å². The molecule has 0 atom stereocenters. The first kappa shape index (κ1) is 51.7. The first-order valence-corrected chi connectivity index (χ1v) is 24.0. The van der Waals surface area contributed by atoms with Crippen molar-refractivity contribution in [2.24, 2.45) is 5.41 Å². The normalized spacial score (nSPS) is 10.7. The monoisotopic (exact) mass is 964 g/mol. The van der Waals surface area contributed by atoms with Crippen LogP contribution in [0.5, 0.6) is 0 Å². The van der Waals surface area contributed by atoms with Crippen LogP contribution in [0.2, 0.25) is 0 Å². The van der Waals surface area contributed by atoms with E-state index in [4.69, 9.17) is 18.9 Å². The van der Waals surface area contributed by atoms with E-state index in [0.717, 1.165) is 47.0 Å². The van der Waals surface area contributed by atoms with Crippen molar-refractivity contribution in [2.75, 3.05) is 70.7 Å². The Morgan fingerprint density at radius 1 is 0.338 bits per heavy atom. The zero-order valence-corrected chi connectivity index (χ0v) is 38.3. The second-order valence-electron chi connectivity index (χ2n) is 13.7. The highest BCUT2D eigenvalue weighted by atomic mass is 32.2. The van der Waals surface area contributed by atoms with E-state index in [9.17, 15) is 38.4 Å². The summed E-state index contributed by atoms with van der Waals surface area (Å²) in [5.74, 6) is -2.81. The van der Waals surface area contributed by atoms with Gasteiger partial charge in [0.1, 0.15) is 31.8 Å². The van der Waals surface area contributed by atoms with Crippen LogP contribution >= 0.6 is 47.0 Å². The molecule has 0 heterocycles. The molecule has 65 heavy (non-hydrogen) atoms. The Hall–Kier alpha value is -5.96. The molecule has 4 aromatic carbocycles. The second kappa shape index (κ2) is 29.5. The topological polar surface area (TPSA) is 222 Å². The number of para-hydroxylation sites is 4. The summed E-state index contributed by atoms with van der Waals surface area (Å²) in [4.78, 5) is 102. The third-order valence-corrected chi connectivity index (χ3v) is 11.5. The molecule has 0 aliphatic rings. The fourth-order valence-corrected chi connectivity index (χ4v) is 7.66. The van der Waals surface area contributed by atoms with Gasteiger partial charge < -0.3 is 40.2 Å². The maximum Gasteiger partial charge on any atom is 0.306 e. The summed E-state index contributed by atoms with van der Waals surface area (Å²) < 4.78 is 22.3. The van der Waals surface area contributed by atoms with Gasteiger partial charge >= 0.3 is 23.9 Å². The van der Waals surface area contributed by atoms with E-state index >= 15 is 0 Å². The van der Waals surface area contributed by atoms with Gasteiger partial charge in [0.05, 0.1) is 25.7 Å². The fourth-order valence-electron chi connectivity index (χ4n) is 5.08. The number of hydrogen-bond acceptors (Lipinski definition) is 16. The van der Waals surface area contributed by atoms with Gasteiger partial charge in [-0.05, 0) is 48.5 Å². The van der Waals surface area contributed by atoms with Gasteiger partial charge in [0.25, 0.3) is 21.0 Å². The molecule has 0 aliphatic carbocycles. The van der Waals surface area contributed by atoms with Gasteiger partial charge in [-0.3, -0.25) is 38.4 Å². The van der Waals surface area contributed by atoms with Gasteiger partial charge in [0.15, 0.2) is 0 Å². The lowest BCUT2D eigenvalue weighted by atomic mass is 9.92. The highest BCUT2D eigenvalue weighted by Gasteiger charge is 2.38. The fraction of sp³-hybridized carbons (Fsp3) is 0.289. The number of hydrogen-bond donors (Lipinski definition) is 4. The summed E-state index contributed by atoms with van der Waals surface area (Å²) in [5.41, 5.74) is 0.671. The van der Waals surface area contributed by atoms with Crippen molar-refractivity contribution >= 4 is 115 Å². The highest BCUT2D eigenvalue weighted by molar-refractivity contribution is 8.14. The zero-order chi connectivity index (χ0) is 46.5. The molecule has 4 rings (SSSR count). The molecule has 0 radical (unpaired) electrons. The minimum Gasteiger partial charge on any atom is -0.465 e. The lowest BCUT2D eigenvalue weighted by Crippen LogP contribution is -2.44. The predicted molar refractivity (Wildman–Crippen MR) is 256 cm³/mol. The smallest absolute Gasteiger partial charge is 0.306 e. The lowest BCUT2D eigenvalue weighted by molar-refractivity contribution is -0.170. The van der Waals surface area contributed by atoms with Crippen LogP contribution in [-0.4, -0.2) is 94.3 Å². The van der Waals surface area contributed by atoms with Crippen LogP contribution in [-0.2, 0) is 38.1 Å². The molecule has 0 spiro atoms. The van der Waals surface area contributed by atoms with Crippen LogP contribution in [0.15, 0.2) is 121 Å². The van der Waals surface area contributed by atoms with Crippen LogP contribution in [0.3, 0.4) is 0 Å². The molecule has 344 valence electrons. The molecule has 0 saturated heterocycles. The molecular weight excluding hydrogens is 917 g/mol. The summed E-state index contributed by atoms with van der Waals surface area (Å²) in [6, 6.07) is 35.0. The Morgan fingerprint density at radius 2 is 0.538 bits per heavy atom. The average molecular weight is 965 g/mol. The predicted octanol–water partition coefficient (Wildman–Crippen LogP) is 9.57. The molecule has 0 fully saturated rings. The van der Waals surface area contributed by atoms with E-state index < -0.39 is 76.7 Å². The van der Waals surface area contributed by atoms with Crippen LogP contribution in [0.4, 0.5) is 41.9 Å². The van der Waals surface area contributed by atoms with E-state index in [1.807, 2.05) is 0 Å². The maximum atomic E-state index is 13.0. The molecule has 4 N–H and O–H groups in total. The van der Waals surface area contributed by atoms with E-state index in [1.165, 1.54) is 0 Å². The molecule has 4 aromatic rings. The van der Waals surface area contributed by atoms with Crippen LogP contribution in [0, 0.1) is 5.41 Å². The summed E-state index contributed by atoms with van der Waals surface area (Å²) in [5, 5.41) is 9.23. The molecule has 0 saturated carbocycles. The quantitative estimate of drug-likeness (QED) is 0.0379. The van der Waals surface area contributed by atoms with Crippen LogP contribution in [0.1, 0.15) is 25.7 Å². The van der Waals surface area contributed by atoms with Gasteiger partial charge in [0.2, 0.25) is 0 Å². The molecule has 0 aromatic heterocycles. The molecular formula is C45H48N4O12S4. The first-order valence-electron chi connectivity index (χ1n) is 20.0. The largest absolute Gasteiger partial charge is 0.465 e. The average Bonchev–Trinajstić information content (AvgIpc) is 3.30. The van der Waals surface area contributed by atoms with Gasteiger partial charge in [-0.25, -0.2) is 0 Å². The number of benzene rings is 4. The van der Waals surface area contributed by atoms with Gasteiger partial charge in [-0.2, -0.15) is 0 Å². The highest BCUT2D eigenvalue weighted by Crippen LogP contribution is 2.24. The van der Waals surface area contributed by atoms with E-state index in [1.54, 1.807) is 121 Å². The maximum absolute atomic E-state index is 13.0. The number of anilines is 4. The number of nitrogens with one attached hydrogen (secondary N) is 4. The van der Waals surface area contributed by atoms with Crippen molar-refractivity contribution in [2.45, 2.75) is 25.7 Å². The number of amides is 4. The Labute approximate surface area is 393 Å². The summed E-state index contributed by atoms with van der Waals surface area (Å²) >= 11 is 3.42. The van der Waals surface area contributed by atoms with Crippen molar-refractivity contribution < 1.29 is 57.3 Å². The molecule has 16 nitrogen and oxygen atoms in total. The summed E-state index contributed by atoms with van der Waals surface area (Å²) in [6.45, 7) is -2.23. The molecule has 4 amide bonds. The third-order valence-electron chi connectivity index (χ3n) is 8.40.